The summed E-state index contributed by atoms with van der Waals surface area (Å²) in [5.41, 5.74) is 20.6. The number of carbonyl (C=O) groups is 8. The second-order valence-corrected chi connectivity index (χ2v) is 41.4. The number of nitrogens with zero attached hydrogens (tertiary/aromatic N) is 6. The maximum atomic E-state index is 13.6. The summed E-state index contributed by atoms with van der Waals surface area (Å²) in [6, 6.07) is 35.2. The molecule has 10 aliphatic rings. The van der Waals surface area contributed by atoms with Crippen LogP contribution in [0.3, 0.4) is 0 Å². The molecular formula is C110H145N15O9S. The normalized spacial score (nSPS) is 24.6. The molecule has 0 spiro atoms. The summed E-state index contributed by atoms with van der Waals surface area (Å²) in [7, 11) is 0. The highest BCUT2D eigenvalue weighted by molar-refractivity contribution is 7.99. The number of imide groups is 1. The van der Waals surface area contributed by atoms with Gasteiger partial charge in [-0.2, -0.15) is 11.8 Å². The number of amides is 5. The van der Waals surface area contributed by atoms with Gasteiger partial charge in [0.25, 0.3) is 0 Å². The second-order valence-electron chi connectivity index (χ2n) is 40.3. The number of likely N-dealkylation sites (tertiary alicyclic amines) is 5. The Morgan fingerprint density at radius 1 is 0.444 bits per heavy atom. The van der Waals surface area contributed by atoms with E-state index < -0.39 is 6.03 Å². The lowest BCUT2D eigenvalue weighted by Gasteiger charge is -2.47. The number of H-pyrrole nitrogens is 5. The van der Waals surface area contributed by atoms with Crippen molar-refractivity contribution in [3.63, 3.8) is 0 Å². The number of aromatic amines is 5. The number of aromatic nitrogens is 5. The number of esters is 1. The van der Waals surface area contributed by atoms with E-state index in [0.29, 0.717) is 129 Å². The van der Waals surface area contributed by atoms with Crippen LogP contribution < -0.4 is 21.3 Å². The number of rotatable bonds is 30. The fourth-order valence-corrected chi connectivity index (χ4v) is 26.3. The third-order valence-corrected chi connectivity index (χ3v) is 32.0. The Bertz CT molecular complexity index is 5750. The van der Waals surface area contributed by atoms with Crippen molar-refractivity contribution in [2.75, 3.05) is 116 Å². The Hall–Kier alpha value is -10.3. The van der Waals surface area contributed by atoms with Crippen molar-refractivity contribution in [2.45, 2.75) is 225 Å². The first kappa shape index (κ1) is 97.8. The monoisotopic (exact) mass is 1850 g/mol. The van der Waals surface area contributed by atoms with Crippen LogP contribution in [0.1, 0.15) is 218 Å². The highest BCUT2D eigenvalue weighted by Crippen LogP contribution is 2.51. The molecule has 135 heavy (non-hydrogen) atoms. The number of urea groups is 1. The summed E-state index contributed by atoms with van der Waals surface area (Å²) in [5, 5.41) is 18.9. The minimum Gasteiger partial charge on any atom is -0.466 e. The Labute approximate surface area is 801 Å². The van der Waals surface area contributed by atoms with Gasteiger partial charge in [-0.05, 0) is 247 Å². The van der Waals surface area contributed by atoms with E-state index in [0.717, 1.165) is 135 Å². The first-order valence-electron chi connectivity index (χ1n) is 50.4. The summed E-state index contributed by atoms with van der Waals surface area (Å²) < 4.78 is 5.34. The quantitative estimate of drug-likeness (QED) is 0.0115. The number of Topliss-reactive ketones (excluding diaryl/α,β-unsaturated/α-hetero) is 3. The van der Waals surface area contributed by atoms with E-state index in [1.165, 1.54) is 143 Å². The number of piperidine rings is 5. The number of ether oxygens (including phenoxy) is 1. The third-order valence-electron chi connectivity index (χ3n) is 30.7. The molecule has 720 valence electrons. The van der Waals surface area contributed by atoms with Gasteiger partial charge < -0.3 is 50.4 Å². The van der Waals surface area contributed by atoms with Gasteiger partial charge in [-0.15, -0.1) is 13.2 Å². The van der Waals surface area contributed by atoms with Crippen LogP contribution in [0.4, 0.5) is 4.79 Å². The standard InChI is InChI=1S/C25H33N5O3.C24H33N3O2.C21H26N2OS.C20H27N3O.C20H26N2O2/c1-4-9-29-14-18(24(32)30(25(33)27-5-2)15-26-12-16(3)31)10-20-19-7-6-8-21-23(19)17(13-28-21)11-22(20)29;1-3-10-27-15-17(13-26-23(29)9-4-6-16(2)28)11-20-19-7-5-8-21-24(19)18(14-25-21)12-22(20)27;1-3-7-23-11-15(13-25-12-14(2)24)8-18-17-5-4-6-19-21(17)16(10-22-19)9-20(18)23;1-3-7-23-12-14(10-21-13(2)24)8-17-16-5-4-6-18-20(16)15(11-22-18)9-19(17)23;1-3-7-22-11-14(12-24-13(2)23)8-17-16-5-4-6-18-20(16)15(10-21-18)9-19(17)22/h4,6-8,13,18,20,22,26,28H,1,5,9-12,14-15H2,2-3H3,(H,27,33);5,7-8,14,17,20,22,25H,3-4,6,9-13,15H2,1-2H3,(H,26,29);3-6,10,15,18,20,22H,1,7-9,11-13H2,2H3;4-6,11,14,17,19,22H,3,7-10,12H2,1-2H3,(H,21,24);4-6,10,14,17,19,21H,3,7-9,11-12H2,1-2H3/t18-,20-,22-;17-,20+,22+;15-,18-,20-;14-,17+,19+;14-,17-,19-/m10101/s1. The Balaban J connectivity index is 0.000000123. The Kier molecular flexibility index (Phi) is 32.5. The maximum absolute atomic E-state index is 13.6. The fraction of sp³-hybridized carbons (Fsp3) is 0.527. The number of hydrogen-bond donors (Lipinski definition) is 9. The largest absolute Gasteiger partial charge is 0.466 e. The molecule has 5 aromatic heterocycles. The number of benzene rings is 5. The SMILES string of the molecule is C=CCN1C[C@H](C(=O)N(CNCC(C)=O)C(=O)NCC)C[C@@H]2c3cccc4[nH]cc(c34)C[C@H]21.C=CCN1C[C@H](CSCC(C)=O)C[C@@H]2c3cccc4[nH]cc(c34)C[C@H]21.CCCN1C[C@H](CNC(=O)CCCC(C)=O)C[C@@H]2c3cccc4[nH]cc(c34)C[C@H]21.CCCN1C[C@H](CNC(C)=O)C[C@@H]2c3cccc4[nH]cc(c34)C[C@H]21.CCCN1C[C@H](COC(C)=O)C[C@@H]2c3cccc4[nH]cc(c34)C[C@H]21. The van der Waals surface area contributed by atoms with E-state index >= 15 is 0 Å². The smallest absolute Gasteiger partial charge is 0.325 e. The van der Waals surface area contributed by atoms with E-state index in [-0.39, 0.29) is 72.1 Å². The Morgan fingerprint density at radius 3 is 1.20 bits per heavy atom. The molecule has 25 heteroatoms. The molecule has 24 nitrogen and oxygen atoms in total. The third kappa shape index (κ3) is 22.2. The Morgan fingerprint density at radius 2 is 0.822 bits per heavy atom. The molecule has 0 bridgehead atoms. The van der Waals surface area contributed by atoms with Crippen LogP contribution >= 0.6 is 11.8 Å². The number of carbonyl (C=O) groups excluding carboxylic acids is 8. The average Bonchev–Trinajstić information content (AvgIpc) is 1.72. The molecule has 5 fully saturated rings. The van der Waals surface area contributed by atoms with Crippen molar-refractivity contribution >= 4 is 113 Å². The van der Waals surface area contributed by atoms with Gasteiger partial charge >= 0.3 is 12.0 Å². The first-order chi connectivity index (χ1) is 65.5. The van der Waals surface area contributed by atoms with Crippen LogP contribution in [0.15, 0.2) is 147 Å². The zero-order valence-corrected chi connectivity index (χ0v) is 81.9. The van der Waals surface area contributed by atoms with Gasteiger partial charge in [0.05, 0.1) is 31.5 Å². The summed E-state index contributed by atoms with van der Waals surface area (Å²) in [4.78, 5) is 126. The van der Waals surface area contributed by atoms with Crippen molar-refractivity contribution in [1.29, 1.82) is 0 Å². The molecule has 20 rings (SSSR count). The van der Waals surface area contributed by atoms with Gasteiger partial charge in [-0.3, -0.25) is 63.5 Å². The molecule has 10 aromatic rings. The number of thioether (sulfide) groups is 1. The van der Waals surface area contributed by atoms with Crippen LogP contribution in [0.5, 0.6) is 0 Å². The molecule has 0 unspecified atom stereocenters. The summed E-state index contributed by atoms with van der Waals surface area (Å²) in [6.07, 6.45) is 30.7. The zero-order valence-electron chi connectivity index (χ0n) is 81.1. The van der Waals surface area contributed by atoms with E-state index in [1.807, 2.05) is 19.1 Å². The molecule has 5 aliphatic heterocycles. The van der Waals surface area contributed by atoms with Gasteiger partial charge in [-0.25, -0.2) is 4.79 Å². The van der Waals surface area contributed by atoms with Gasteiger partial charge in [0, 0.05) is 243 Å². The molecule has 0 radical (unpaired) electrons. The predicted molar refractivity (Wildman–Crippen MR) is 543 cm³/mol. The van der Waals surface area contributed by atoms with Crippen molar-refractivity contribution in [1.82, 2.24) is 75.6 Å². The van der Waals surface area contributed by atoms with Gasteiger partial charge in [0.1, 0.15) is 17.3 Å². The van der Waals surface area contributed by atoms with Crippen LogP contribution in [0.2, 0.25) is 0 Å². The molecule has 10 heterocycles. The minimum atomic E-state index is -0.436. The molecule has 5 amide bonds. The highest BCUT2D eigenvalue weighted by atomic mass is 32.2. The number of hydrogen-bond acceptors (Lipinski definition) is 16. The predicted octanol–water partition coefficient (Wildman–Crippen LogP) is 16.7. The topological polar surface area (TPSA) is 292 Å². The van der Waals surface area contributed by atoms with Crippen LogP contribution in [0, 0.1) is 29.6 Å². The van der Waals surface area contributed by atoms with E-state index in [1.54, 1.807) is 32.5 Å². The van der Waals surface area contributed by atoms with Crippen LogP contribution in [-0.4, -0.2) is 248 Å². The summed E-state index contributed by atoms with van der Waals surface area (Å²) >= 11 is 1.80. The van der Waals surface area contributed by atoms with Crippen molar-refractivity contribution in [2.24, 2.45) is 29.6 Å². The summed E-state index contributed by atoms with van der Waals surface area (Å²) in [6.45, 7) is 36.9. The van der Waals surface area contributed by atoms with Gasteiger partial charge in [0.2, 0.25) is 17.7 Å². The number of nitrogens with one attached hydrogen (secondary N) is 9. The molecule has 9 N–H and O–H groups in total. The molecule has 5 aromatic carbocycles. The van der Waals surface area contributed by atoms with E-state index in [2.05, 4.69) is 227 Å². The van der Waals surface area contributed by atoms with Crippen molar-refractivity contribution in [3.8, 4) is 0 Å². The second kappa shape index (κ2) is 44.9. The van der Waals surface area contributed by atoms with E-state index in [4.69, 9.17) is 4.74 Å². The molecule has 15 atom stereocenters. The van der Waals surface area contributed by atoms with Crippen LogP contribution in [-0.2, 0) is 70.4 Å². The minimum absolute atomic E-state index is 0.00778. The summed E-state index contributed by atoms with van der Waals surface area (Å²) in [5.74, 6) is 6.06. The molecule has 0 saturated carbocycles. The van der Waals surface area contributed by atoms with Crippen molar-refractivity contribution < 1.29 is 43.1 Å². The van der Waals surface area contributed by atoms with E-state index in [9.17, 15) is 38.4 Å². The lowest BCUT2D eigenvalue weighted by atomic mass is 9.72. The van der Waals surface area contributed by atoms with Gasteiger partial charge in [-0.1, -0.05) is 93.6 Å². The van der Waals surface area contributed by atoms with Crippen molar-refractivity contribution in [3.05, 3.63) is 203 Å². The molecule has 5 saturated heterocycles. The average molecular weight is 1850 g/mol. The molecule has 5 aliphatic carbocycles. The van der Waals surface area contributed by atoms with Crippen LogP contribution in [0.25, 0.3) is 54.5 Å². The number of fused-ring (bicyclic) bond motifs is 10. The highest BCUT2D eigenvalue weighted by Gasteiger charge is 2.48. The number of ketones is 3. The fourth-order valence-electron chi connectivity index (χ4n) is 25.3. The molecular weight excluding hydrogens is 1710 g/mol. The first-order valence-corrected chi connectivity index (χ1v) is 51.5. The lowest BCUT2D eigenvalue weighted by molar-refractivity contribution is -0.143. The lowest BCUT2D eigenvalue weighted by Crippen LogP contribution is -2.56. The zero-order chi connectivity index (χ0) is 94.7. The van der Waals surface area contributed by atoms with Gasteiger partial charge in [0.15, 0.2) is 0 Å². The maximum Gasteiger partial charge on any atom is 0.325 e.